The molecule has 0 saturated heterocycles. The SMILES string of the molecule is [CH]1c2ccccc2-c2ccccc21.[c]1c2ccccc2cc2ccccc12.[c]1ccc2ccc3cccc4ccc1c2c43.[c]1cccc2c1ccc1ccccc12.[c]1ccccc1.c1ccc2ccccc2c1. The molecule has 0 nitrogen and oxygen atoms in total. The quantitative estimate of drug-likeness (QED) is 0.105. The highest BCUT2D eigenvalue weighted by molar-refractivity contribution is 6.22. The topological polar surface area (TPSA) is 0 Å². The number of benzene rings is 15. The molecular formula is C73H49. The van der Waals surface area contributed by atoms with E-state index in [1.54, 1.807) is 0 Å². The van der Waals surface area contributed by atoms with Crippen LogP contribution in [0.4, 0.5) is 0 Å². The first-order valence-corrected chi connectivity index (χ1v) is 24.7. The second-order valence-electron chi connectivity index (χ2n) is 17.8. The highest BCUT2D eigenvalue weighted by atomic mass is 14.2. The molecule has 0 aliphatic heterocycles. The van der Waals surface area contributed by atoms with E-state index in [4.69, 9.17) is 0 Å². The van der Waals surface area contributed by atoms with Crippen LogP contribution in [0.1, 0.15) is 11.1 Å². The smallest absolute Gasteiger partial charge is 0.0211 e. The van der Waals surface area contributed by atoms with Crippen LogP contribution in [0, 0.1) is 30.7 Å². The fourth-order valence-electron chi connectivity index (χ4n) is 9.64. The van der Waals surface area contributed by atoms with Crippen molar-refractivity contribution >= 4 is 86.2 Å². The van der Waals surface area contributed by atoms with Crippen LogP contribution >= 0.6 is 0 Å². The molecule has 0 amide bonds. The van der Waals surface area contributed by atoms with Crippen LogP contribution in [0.2, 0.25) is 0 Å². The highest BCUT2D eigenvalue weighted by Crippen LogP contribution is 2.37. The van der Waals surface area contributed by atoms with Gasteiger partial charge in [0.05, 0.1) is 0 Å². The van der Waals surface area contributed by atoms with E-state index in [0.29, 0.717) is 0 Å². The van der Waals surface area contributed by atoms with E-state index in [9.17, 15) is 0 Å². The number of fused-ring (bicyclic) bond motifs is 9. The van der Waals surface area contributed by atoms with Gasteiger partial charge < -0.3 is 0 Å². The fourth-order valence-corrected chi connectivity index (χ4v) is 9.64. The summed E-state index contributed by atoms with van der Waals surface area (Å²) in [7, 11) is 0. The average molecular weight is 926 g/mol. The number of hydrogen-bond donors (Lipinski definition) is 0. The zero-order valence-corrected chi connectivity index (χ0v) is 40.3. The molecule has 0 bridgehead atoms. The summed E-state index contributed by atoms with van der Waals surface area (Å²) in [6, 6.07) is 113. The van der Waals surface area contributed by atoms with Crippen molar-refractivity contribution < 1.29 is 0 Å². The monoisotopic (exact) mass is 925 g/mol. The molecule has 16 rings (SSSR count). The molecule has 0 heterocycles. The van der Waals surface area contributed by atoms with E-state index < -0.39 is 0 Å². The van der Waals surface area contributed by atoms with E-state index in [1.165, 1.54) is 108 Å². The van der Waals surface area contributed by atoms with Gasteiger partial charge in [-0.15, -0.1) is 0 Å². The second kappa shape index (κ2) is 22.2. The number of rotatable bonds is 0. The Balaban J connectivity index is 0.0000000961. The summed E-state index contributed by atoms with van der Waals surface area (Å²) in [6.07, 6.45) is 2.24. The zero-order chi connectivity index (χ0) is 49.0. The van der Waals surface area contributed by atoms with Gasteiger partial charge in [-0.3, -0.25) is 0 Å². The molecule has 1 aliphatic rings. The Labute approximate surface area is 428 Å². The minimum atomic E-state index is 1.19. The first-order valence-electron chi connectivity index (χ1n) is 24.7. The van der Waals surface area contributed by atoms with Gasteiger partial charge in [0.15, 0.2) is 0 Å². The van der Waals surface area contributed by atoms with Crippen molar-refractivity contribution in [2.45, 2.75) is 0 Å². The van der Waals surface area contributed by atoms with Gasteiger partial charge in [-0.2, -0.15) is 0 Å². The second-order valence-corrected chi connectivity index (χ2v) is 17.8. The van der Waals surface area contributed by atoms with Gasteiger partial charge in [0.2, 0.25) is 0 Å². The van der Waals surface area contributed by atoms with Gasteiger partial charge in [0.25, 0.3) is 0 Å². The predicted octanol–water partition coefficient (Wildman–Crippen LogP) is 19.6. The van der Waals surface area contributed by atoms with E-state index in [0.717, 1.165) is 0 Å². The molecule has 73 heavy (non-hydrogen) atoms. The lowest BCUT2D eigenvalue weighted by molar-refractivity contribution is 1.54. The summed E-state index contributed by atoms with van der Waals surface area (Å²) in [5.41, 5.74) is 5.39. The van der Waals surface area contributed by atoms with Crippen molar-refractivity contribution in [3.8, 4) is 11.1 Å². The molecule has 15 aromatic rings. The summed E-state index contributed by atoms with van der Waals surface area (Å²) >= 11 is 0. The molecule has 0 spiro atoms. The van der Waals surface area contributed by atoms with E-state index in [2.05, 4.69) is 261 Å². The normalized spacial score (nSPS) is 11.0. The Morgan fingerprint density at radius 2 is 0.699 bits per heavy atom. The zero-order valence-electron chi connectivity index (χ0n) is 40.3. The van der Waals surface area contributed by atoms with Gasteiger partial charge >= 0.3 is 0 Å². The minimum absolute atomic E-state index is 1.19. The fraction of sp³-hybridized carbons (Fsp3) is 0. The van der Waals surface area contributed by atoms with Crippen molar-refractivity contribution in [2.75, 3.05) is 0 Å². The summed E-state index contributed by atoms with van der Waals surface area (Å²) in [5, 5.41) is 20.4. The lowest BCUT2D eigenvalue weighted by Crippen LogP contribution is -1.82. The Kier molecular flexibility index (Phi) is 14.0. The van der Waals surface area contributed by atoms with Gasteiger partial charge in [-0.05, 0) is 139 Å². The van der Waals surface area contributed by atoms with Crippen molar-refractivity contribution in [3.05, 3.63) is 333 Å². The molecule has 0 aromatic heterocycles. The van der Waals surface area contributed by atoms with Crippen LogP contribution < -0.4 is 0 Å². The summed E-state index contributed by atoms with van der Waals surface area (Å²) < 4.78 is 0. The van der Waals surface area contributed by atoms with Crippen LogP contribution in [0.5, 0.6) is 0 Å². The molecule has 0 saturated carbocycles. The van der Waals surface area contributed by atoms with Crippen LogP contribution in [0.15, 0.2) is 291 Å². The summed E-state index contributed by atoms with van der Waals surface area (Å²) in [4.78, 5) is 0. The first-order chi connectivity index (χ1) is 36.2. The summed E-state index contributed by atoms with van der Waals surface area (Å²) in [6.45, 7) is 0. The Hall–Kier alpha value is -9.36. The van der Waals surface area contributed by atoms with E-state index >= 15 is 0 Å². The van der Waals surface area contributed by atoms with Crippen LogP contribution in [0.25, 0.3) is 97.3 Å². The lowest BCUT2D eigenvalue weighted by Gasteiger charge is -2.09. The van der Waals surface area contributed by atoms with E-state index in [1.807, 2.05) is 60.7 Å². The van der Waals surface area contributed by atoms with Crippen LogP contribution in [-0.4, -0.2) is 0 Å². The summed E-state index contributed by atoms with van der Waals surface area (Å²) in [5.74, 6) is 0. The molecule has 15 aromatic carbocycles. The maximum Gasteiger partial charge on any atom is 0.0211 e. The Morgan fingerprint density at radius 3 is 1.30 bits per heavy atom. The standard InChI is InChI=1S/C16H9.2C14H9.C13H9.C10H8.C6H5/c1-3-11-7-9-13-5-2-6-14-10-8-12(4-1)15(11)16(13)14;1-3-7-13-11(5-1)9-10-12-6-2-4-8-14(12)13;1-2-6-12-10-14-8-4-3-7-13(14)9-11(12)5-1;1-3-7-12-10(5-1)9-11-6-2-4-8-13(11)12;1-2-6-10-8-4-3-7-9(10)5-1;1-2-4-6-5-3-1/h1-5,7-10H;1-5,7-10H;1-9H;1-9H;1-8H;1-5H. The average Bonchev–Trinajstić information content (AvgIpc) is 3.86. The molecule has 341 valence electrons. The third-order valence-corrected chi connectivity index (χ3v) is 13.2. The third kappa shape index (κ3) is 10.6. The van der Waals surface area contributed by atoms with Gasteiger partial charge in [-0.25, -0.2) is 0 Å². The molecule has 0 atom stereocenters. The third-order valence-electron chi connectivity index (χ3n) is 13.2. The maximum absolute atomic E-state index is 3.41. The highest BCUT2D eigenvalue weighted by Gasteiger charge is 2.16. The van der Waals surface area contributed by atoms with Crippen molar-refractivity contribution in [1.29, 1.82) is 0 Å². The van der Waals surface area contributed by atoms with Gasteiger partial charge in [0.1, 0.15) is 0 Å². The van der Waals surface area contributed by atoms with Crippen LogP contribution in [0.3, 0.4) is 0 Å². The Bertz CT molecular complexity index is 3800. The van der Waals surface area contributed by atoms with Crippen molar-refractivity contribution in [1.82, 2.24) is 0 Å². The molecule has 0 N–H and O–H groups in total. The maximum atomic E-state index is 3.41. The molecule has 0 heteroatoms. The van der Waals surface area contributed by atoms with Gasteiger partial charge in [-0.1, -0.05) is 285 Å². The number of hydrogen-bond acceptors (Lipinski definition) is 0. The van der Waals surface area contributed by atoms with Crippen LogP contribution in [-0.2, 0) is 0 Å². The molecule has 0 fully saturated rings. The largest absolute Gasteiger partial charge is 0.0622 e. The first kappa shape index (κ1) is 46.0. The lowest BCUT2D eigenvalue weighted by atomic mass is 9.95. The predicted molar refractivity (Wildman–Crippen MR) is 313 cm³/mol. The molecule has 1 aliphatic carbocycles. The molecular weight excluding hydrogens is 877 g/mol. The molecule has 0 unspecified atom stereocenters. The van der Waals surface area contributed by atoms with Crippen molar-refractivity contribution in [2.24, 2.45) is 0 Å². The minimum Gasteiger partial charge on any atom is -0.0622 e. The molecule has 5 radical (unpaired) electrons. The van der Waals surface area contributed by atoms with Gasteiger partial charge in [0, 0.05) is 6.42 Å². The van der Waals surface area contributed by atoms with Crippen molar-refractivity contribution in [3.63, 3.8) is 0 Å². The Morgan fingerprint density at radius 1 is 0.233 bits per heavy atom. The van der Waals surface area contributed by atoms with E-state index in [-0.39, 0.29) is 0 Å².